The molecule has 1 atom stereocenters. The second-order valence-corrected chi connectivity index (χ2v) is 8.80. The van der Waals surface area contributed by atoms with E-state index in [-0.39, 0.29) is 35.6 Å². The lowest BCUT2D eigenvalue weighted by molar-refractivity contribution is 0.408. The minimum atomic E-state index is -0.331. The zero-order valence-corrected chi connectivity index (χ0v) is 21.7. The van der Waals surface area contributed by atoms with Crippen LogP contribution in [0, 0.1) is 17.1 Å². The van der Waals surface area contributed by atoms with Crippen molar-refractivity contribution in [2.45, 2.75) is 38.4 Å². The molecule has 0 saturated carbocycles. The fourth-order valence-corrected chi connectivity index (χ4v) is 4.75. The van der Waals surface area contributed by atoms with Crippen LogP contribution in [0.25, 0.3) is 5.69 Å². The third-order valence-electron chi connectivity index (χ3n) is 5.24. The lowest BCUT2D eigenvalue weighted by Crippen LogP contribution is -2.48. The van der Waals surface area contributed by atoms with Crippen molar-refractivity contribution in [3.8, 4) is 11.8 Å². The largest absolute Gasteiger partial charge is 0.382 e. The molecule has 32 heavy (non-hydrogen) atoms. The van der Waals surface area contributed by atoms with Crippen molar-refractivity contribution in [1.82, 2.24) is 20.0 Å². The van der Waals surface area contributed by atoms with Crippen LogP contribution in [-0.2, 0) is 6.42 Å². The second-order valence-electron chi connectivity index (χ2n) is 7.39. The number of hydrogen-bond acceptors (Lipinski definition) is 5. The molecule has 3 N–H and O–H groups in total. The van der Waals surface area contributed by atoms with Gasteiger partial charge in [0.2, 0.25) is 0 Å². The lowest BCUT2D eigenvalue weighted by Gasteiger charge is -2.34. The van der Waals surface area contributed by atoms with Gasteiger partial charge >= 0.3 is 0 Å². The molecule has 2 heterocycles. The first-order valence-corrected chi connectivity index (χ1v) is 11.8. The average molecular weight is 572 g/mol. The van der Waals surface area contributed by atoms with Gasteiger partial charge in [0.15, 0.2) is 5.96 Å². The molecule has 1 aliphatic rings. The van der Waals surface area contributed by atoms with E-state index in [1.165, 1.54) is 16.8 Å². The van der Waals surface area contributed by atoms with Gasteiger partial charge in [-0.1, -0.05) is 6.92 Å². The first kappa shape index (κ1) is 26.3. The summed E-state index contributed by atoms with van der Waals surface area (Å²) in [4.78, 5) is 7.15. The summed E-state index contributed by atoms with van der Waals surface area (Å²) in [6, 6.07) is 8.04. The molecule has 1 aromatic heterocycles. The number of benzene rings is 1. The Hall–Kier alpha value is -2.00. The molecule has 0 aliphatic carbocycles. The van der Waals surface area contributed by atoms with Crippen LogP contribution in [0.2, 0.25) is 0 Å². The number of nitrogens with zero attached hydrogens (tertiary/aromatic N) is 5. The monoisotopic (exact) mass is 571 g/mol. The Bertz CT molecular complexity index is 939. The minimum absolute atomic E-state index is 0. The fraction of sp³-hybridized carbons (Fsp3) is 0.500. The van der Waals surface area contributed by atoms with E-state index >= 15 is 0 Å². The van der Waals surface area contributed by atoms with Crippen molar-refractivity contribution in [3.63, 3.8) is 0 Å². The van der Waals surface area contributed by atoms with Crippen LogP contribution in [0.3, 0.4) is 0 Å². The summed E-state index contributed by atoms with van der Waals surface area (Å²) in [6.07, 6.45) is 2.51. The normalized spacial score (nSPS) is 16.4. The number of nitrogens with one attached hydrogen (secondary N) is 1. The molecule has 1 aromatic carbocycles. The topological polar surface area (TPSA) is 95.3 Å². The highest BCUT2D eigenvalue weighted by Gasteiger charge is 2.21. The number of nitrogens with two attached hydrogens (primary N) is 1. The highest BCUT2D eigenvalue weighted by atomic mass is 127. The molecule has 7 nitrogen and oxygen atoms in total. The summed E-state index contributed by atoms with van der Waals surface area (Å²) < 4.78 is 14.7. The van der Waals surface area contributed by atoms with Crippen molar-refractivity contribution >= 4 is 47.5 Å². The van der Waals surface area contributed by atoms with Gasteiger partial charge in [-0.05, 0) is 50.5 Å². The van der Waals surface area contributed by atoms with Gasteiger partial charge < -0.3 is 16.0 Å². The van der Waals surface area contributed by atoms with Gasteiger partial charge in [0, 0.05) is 37.2 Å². The van der Waals surface area contributed by atoms with Gasteiger partial charge in [-0.15, -0.1) is 24.0 Å². The molecule has 0 amide bonds. The van der Waals surface area contributed by atoms with Crippen LogP contribution in [0.4, 0.5) is 10.2 Å². The summed E-state index contributed by atoms with van der Waals surface area (Å²) in [6.45, 7) is 7.80. The number of halogens is 2. The van der Waals surface area contributed by atoms with Gasteiger partial charge in [-0.2, -0.15) is 22.1 Å². The molecule has 1 fully saturated rings. The summed E-state index contributed by atoms with van der Waals surface area (Å²) in [7, 11) is 0. The van der Waals surface area contributed by atoms with Crippen molar-refractivity contribution in [3.05, 3.63) is 41.3 Å². The van der Waals surface area contributed by atoms with E-state index in [2.05, 4.69) is 35.2 Å². The van der Waals surface area contributed by atoms with Crippen LogP contribution in [0.1, 0.15) is 37.9 Å². The summed E-state index contributed by atoms with van der Waals surface area (Å²) in [5, 5.41) is 18.1. The predicted octanol–water partition coefficient (Wildman–Crippen LogP) is 3.81. The van der Waals surface area contributed by atoms with E-state index in [0.29, 0.717) is 35.2 Å². The van der Waals surface area contributed by atoms with E-state index in [1.807, 2.05) is 11.8 Å². The Balaban J connectivity index is 0.00000363. The Morgan fingerprint density at radius 3 is 2.78 bits per heavy atom. The van der Waals surface area contributed by atoms with Crippen LogP contribution in [-0.4, -0.2) is 57.8 Å². The molecule has 1 unspecified atom stereocenters. The molecule has 0 radical (unpaired) electrons. The molecule has 174 valence electrons. The molecule has 1 saturated heterocycles. The Kier molecular flexibility index (Phi) is 10.6. The highest BCUT2D eigenvalue weighted by molar-refractivity contribution is 14.0. The molecule has 3 rings (SSSR count). The number of aromatic nitrogens is 2. The summed E-state index contributed by atoms with van der Waals surface area (Å²) in [5.74, 6) is 2.02. The smallest absolute Gasteiger partial charge is 0.193 e. The lowest BCUT2D eigenvalue weighted by atomic mass is 10.1. The van der Waals surface area contributed by atoms with Gasteiger partial charge in [0.25, 0.3) is 0 Å². The Morgan fingerprint density at radius 2 is 2.12 bits per heavy atom. The number of nitriles is 1. The van der Waals surface area contributed by atoms with E-state index in [9.17, 15) is 9.65 Å². The van der Waals surface area contributed by atoms with Gasteiger partial charge in [0.1, 0.15) is 23.3 Å². The quantitative estimate of drug-likeness (QED) is 0.227. The number of thioether (sulfide) groups is 1. The molecular weight excluding hydrogens is 540 g/mol. The van der Waals surface area contributed by atoms with E-state index in [4.69, 9.17) is 10.7 Å². The summed E-state index contributed by atoms with van der Waals surface area (Å²) in [5.41, 5.74) is 7.78. The zero-order valence-electron chi connectivity index (χ0n) is 18.6. The third-order valence-corrected chi connectivity index (χ3v) is 6.61. The van der Waals surface area contributed by atoms with E-state index in [0.717, 1.165) is 44.2 Å². The number of hydrogen-bond donors (Lipinski definition) is 2. The molecule has 0 bridgehead atoms. The Labute approximate surface area is 210 Å². The SMILES string of the molecule is CCNC(=NCCCc1nn(-c2ccc(F)cc2)c(N)c1C#N)N1CCSC(CC)C1.I. The van der Waals surface area contributed by atoms with Gasteiger partial charge in [-0.3, -0.25) is 4.99 Å². The molecule has 1 aliphatic heterocycles. The highest BCUT2D eigenvalue weighted by Crippen LogP contribution is 2.23. The maximum atomic E-state index is 13.2. The predicted molar refractivity (Wildman–Crippen MR) is 140 cm³/mol. The third kappa shape index (κ3) is 6.51. The number of aliphatic imine (C=N–C) groups is 1. The first-order chi connectivity index (χ1) is 15.1. The van der Waals surface area contributed by atoms with E-state index < -0.39 is 0 Å². The molecule has 0 spiro atoms. The van der Waals surface area contributed by atoms with Crippen LogP contribution in [0.15, 0.2) is 29.3 Å². The first-order valence-electron chi connectivity index (χ1n) is 10.8. The van der Waals surface area contributed by atoms with Crippen LogP contribution < -0.4 is 11.1 Å². The van der Waals surface area contributed by atoms with Gasteiger partial charge in [0.05, 0.1) is 11.4 Å². The average Bonchev–Trinajstić information content (AvgIpc) is 3.11. The standard InChI is InChI=1S/C22H30FN7S.HI/c1-3-18-15-29(12-13-31-18)22(26-4-2)27-11-5-6-20-19(14-24)21(25)30(28-20)17-9-7-16(23)8-10-17;/h7-10,18H,3-6,11-13,15,25H2,1-2H3,(H,26,27);1H. The second kappa shape index (κ2) is 12.9. The number of rotatable bonds is 7. The molecular formula is C22H31FIN7S. The van der Waals surface area contributed by atoms with E-state index in [1.54, 1.807) is 12.1 Å². The zero-order chi connectivity index (χ0) is 22.2. The molecule has 2 aromatic rings. The number of nitrogen functional groups attached to an aromatic ring is 1. The fourth-order valence-electron chi connectivity index (χ4n) is 3.57. The van der Waals surface area contributed by atoms with Crippen molar-refractivity contribution in [1.29, 1.82) is 5.26 Å². The maximum absolute atomic E-state index is 13.2. The van der Waals surface area contributed by atoms with Crippen molar-refractivity contribution < 1.29 is 4.39 Å². The van der Waals surface area contributed by atoms with Crippen molar-refractivity contribution in [2.24, 2.45) is 4.99 Å². The van der Waals surface area contributed by atoms with Crippen LogP contribution >= 0.6 is 35.7 Å². The van der Waals surface area contributed by atoms with Gasteiger partial charge in [-0.25, -0.2) is 9.07 Å². The van der Waals surface area contributed by atoms with Crippen LogP contribution in [0.5, 0.6) is 0 Å². The number of aryl methyl sites for hydroxylation is 1. The number of guanidine groups is 1. The Morgan fingerprint density at radius 1 is 1.38 bits per heavy atom. The maximum Gasteiger partial charge on any atom is 0.193 e. The van der Waals surface area contributed by atoms with Crippen molar-refractivity contribution in [2.75, 3.05) is 37.7 Å². The number of anilines is 1. The minimum Gasteiger partial charge on any atom is -0.382 e. The molecule has 10 heteroatoms. The summed E-state index contributed by atoms with van der Waals surface area (Å²) >= 11 is 2.04.